The number of rotatable bonds is 10. The molecule has 1 heterocycles. The van der Waals surface area contributed by atoms with Crippen molar-refractivity contribution >= 4 is 38.6 Å². The van der Waals surface area contributed by atoms with Crippen molar-refractivity contribution in [1.82, 2.24) is 4.72 Å². The molecule has 0 aliphatic heterocycles. The van der Waals surface area contributed by atoms with E-state index in [0.29, 0.717) is 17.7 Å². The summed E-state index contributed by atoms with van der Waals surface area (Å²) < 4.78 is 33.7. The minimum atomic E-state index is -4.05. The average Bonchev–Trinajstić information content (AvgIpc) is 3.41. The number of para-hydroxylation sites is 1. The number of amides is 1. The van der Waals surface area contributed by atoms with E-state index in [2.05, 4.69) is 10.0 Å². The number of fused-ring (bicyclic) bond motifs is 1. The SMILES string of the molecule is O=C(Nc1ccc(-c2ccc(S(=O)(=O)N[C@H](CCc3ccccc3)C(=O)O)cc2)cc1)c1cc2ccccc2o1. The van der Waals surface area contributed by atoms with Gasteiger partial charge in [0.05, 0.1) is 4.90 Å². The summed E-state index contributed by atoms with van der Waals surface area (Å²) in [6.45, 7) is 0. The zero-order valence-electron chi connectivity index (χ0n) is 21.3. The Balaban J connectivity index is 1.23. The number of carboxylic acid groups (broad SMARTS) is 1. The van der Waals surface area contributed by atoms with Crippen LogP contribution in [0.1, 0.15) is 22.5 Å². The Morgan fingerprint density at radius 2 is 1.43 bits per heavy atom. The number of aliphatic carboxylic acids is 1. The summed E-state index contributed by atoms with van der Waals surface area (Å²) in [5, 5.41) is 13.2. The first kappa shape index (κ1) is 26.9. The predicted molar refractivity (Wildman–Crippen MR) is 153 cm³/mol. The normalized spacial score (nSPS) is 12.2. The summed E-state index contributed by atoms with van der Waals surface area (Å²) in [4.78, 5) is 24.3. The van der Waals surface area contributed by atoms with Crippen LogP contribution >= 0.6 is 0 Å². The third-order valence-electron chi connectivity index (χ3n) is 6.45. The molecule has 0 saturated heterocycles. The second-order valence-corrected chi connectivity index (χ2v) is 11.0. The molecule has 9 heteroatoms. The zero-order valence-corrected chi connectivity index (χ0v) is 22.1. The summed E-state index contributed by atoms with van der Waals surface area (Å²) in [5.41, 5.74) is 3.71. The molecule has 8 nitrogen and oxygen atoms in total. The topological polar surface area (TPSA) is 126 Å². The number of anilines is 1. The van der Waals surface area contributed by atoms with Gasteiger partial charge in [0.2, 0.25) is 10.0 Å². The Hall–Kier alpha value is -4.73. The number of carbonyl (C=O) groups is 2. The van der Waals surface area contributed by atoms with E-state index in [9.17, 15) is 23.1 Å². The molecule has 0 saturated carbocycles. The van der Waals surface area contributed by atoms with Crippen molar-refractivity contribution in [2.45, 2.75) is 23.8 Å². The van der Waals surface area contributed by atoms with Gasteiger partial charge in [-0.25, -0.2) is 8.42 Å². The van der Waals surface area contributed by atoms with E-state index in [1.54, 1.807) is 48.5 Å². The lowest BCUT2D eigenvalue weighted by Crippen LogP contribution is -2.41. The first-order valence-corrected chi connectivity index (χ1v) is 14.1. The van der Waals surface area contributed by atoms with Crippen LogP contribution in [0.5, 0.6) is 0 Å². The molecule has 0 fully saturated rings. The molecule has 3 N–H and O–H groups in total. The monoisotopic (exact) mass is 554 g/mol. The number of hydrogen-bond donors (Lipinski definition) is 3. The third-order valence-corrected chi connectivity index (χ3v) is 7.94. The number of benzene rings is 4. The molecule has 0 unspecified atom stereocenters. The highest BCUT2D eigenvalue weighted by Gasteiger charge is 2.25. The van der Waals surface area contributed by atoms with Crippen LogP contribution in [-0.2, 0) is 21.2 Å². The van der Waals surface area contributed by atoms with Gasteiger partial charge in [-0.05, 0) is 65.9 Å². The lowest BCUT2D eigenvalue weighted by Gasteiger charge is -2.15. The van der Waals surface area contributed by atoms with E-state index in [-0.39, 0.29) is 23.0 Å². The summed E-state index contributed by atoms with van der Waals surface area (Å²) in [5.74, 6) is -1.39. The molecule has 5 rings (SSSR count). The molecular formula is C31H26N2O6S. The van der Waals surface area contributed by atoms with E-state index in [4.69, 9.17) is 4.42 Å². The van der Waals surface area contributed by atoms with Crippen molar-refractivity contribution in [3.05, 3.63) is 121 Å². The van der Waals surface area contributed by atoms with Crippen molar-refractivity contribution in [2.24, 2.45) is 0 Å². The maximum Gasteiger partial charge on any atom is 0.321 e. The fourth-order valence-corrected chi connectivity index (χ4v) is 5.53. The van der Waals surface area contributed by atoms with Crippen LogP contribution in [0, 0.1) is 0 Å². The molecule has 0 aliphatic carbocycles. The van der Waals surface area contributed by atoms with Gasteiger partial charge in [0.25, 0.3) is 5.91 Å². The molecule has 1 aromatic heterocycles. The van der Waals surface area contributed by atoms with Gasteiger partial charge in [0, 0.05) is 11.1 Å². The van der Waals surface area contributed by atoms with Gasteiger partial charge >= 0.3 is 5.97 Å². The molecular weight excluding hydrogens is 528 g/mol. The number of furan rings is 1. The minimum Gasteiger partial charge on any atom is -0.480 e. The predicted octanol–water partition coefficient (Wildman–Crippen LogP) is 5.72. The van der Waals surface area contributed by atoms with Gasteiger partial charge in [-0.1, -0.05) is 72.8 Å². The Bertz CT molecular complexity index is 1710. The van der Waals surface area contributed by atoms with Gasteiger partial charge in [-0.3, -0.25) is 9.59 Å². The van der Waals surface area contributed by atoms with Crippen molar-refractivity contribution in [1.29, 1.82) is 0 Å². The summed E-state index contributed by atoms with van der Waals surface area (Å²) in [7, 11) is -4.05. The molecule has 0 radical (unpaired) electrons. The molecule has 4 aromatic carbocycles. The van der Waals surface area contributed by atoms with Crippen LogP contribution < -0.4 is 10.0 Å². The van der Waals surface area contributed by atoms with Gasteiger partial charge in [-0.2, -0.15) is 4.72 Å². The van der Waals surface area contributed by atoms with Gasteiger partial charge in [0.15, 0.2) is 5.76 Å². The maximum atomic E-state index is 12.9. The number of hydrogen-bond acceptors (Lipinski definition) is 5. The Labute approximate surface area is 231 Å². The van der Waals surface area contributed by atoms with E-state index >= 15 is 0 Å². The van der Waals surface area contributed by atoms with E-state index in [0.717, 1.165) is 22.1 Å². The number of carbonyl (C=O) groups excluding carboxylic acids is 1. The van der Waals surface area contributed by atoms with Crippen molar-refractivity contribution in [3.63, 3.8) is 0 Å². The first-order valence-electron chi connectivity index (χ1n) is 12.6. The molecule has 5 aromatic rings. The lowest BCUT2D eigenvalue weighted by molar-refractivity contribution is -0.139. The van der Waals surface area contributed by atoms with Crippen LogP contribution in [0.4, 0.5) is 5.69 Å². The summed E-state index contributed by atoms with van der Waals surface area (Å²) in [6.07, 6.45) is 0.546. The molecule has 1 atom stereocenters. The average molecular weight is 555 g/mol. The van der Waals surface area contributed by atoms with Crippen LogP contribution in [0.15, 0.2) is 119 Å². The summed E-state index contributed by atoms with van der Waals surface area (Å²) >= 11 is 0. The second-order valence-electron chi connectivity index (χ2n) is 9.24. The van der Waals surface area contributed by atoms with Gasteiger partial charge in [0.1, 0.15) is 11.6 Å². The number of nitrogens with one attached hydrogen (secondary N) is 2. The molecule has 0 bridgehead atoms. The highest BCUT2D eigenvalue weighted by molar-refractivity contribution is 7.89. The molecule has 202 valence electrons. The van der Waals surface area contributed by atoms with Crippen LogP contribution in [0.3, 0.4) is 0 Å². The smallest absolute Gasteiger partial charge is 0.321 e. The number of sulfonamides is 1. The van der Waals surface area contributed by atoms with Gasteiger partial charge < -0.3 is 14.8 Å². The van der Waals surface area contributed by atoms with Gasteiger partial charge in [-0.15, -0.1) is 0 Å². The number of carboxylic acids is 1. The lowest BCUT2D eigenvalue weighted by atomic mass is 10.1. The van der Waals surface area contributed by atoms with E-state index in [1.807, 2.05) is 48.5 Å². The minimum absolute atomic E-state index is 0.0306. The van der Waals surface area contributed by atoms with Crippen LogP contribution in [0.2, 0.25) is 0 Å². The maximum absolute atomic E-state index is 12.9. The van der Waals surface area contributed by atoms with Crippen LogP contribution in [-0.4, -0.2) is 31.4 Å². The largest absolute Gasteiger partial charge is 0.480 e. The summed E-state index contributed by atoms with van der Waals surface area (Å²) in [6, 6.07) is 30.4. The fraction of sp³-hybridized carbons (Fsp3) is 0.0968. The number of aryl methyl sites for hydroxylation is 1. The van der Waals surface area contributed by atoms with Crippen molar-refractivity contribution in [2.75, 3.05) is 5.32 Å². The highest BCUT2D eigenvalue weighted by atomic mass is 32.2. The molecule has 0 aliphatic rings. The standard InChI is InChI=1S/C31H26N2O6S/c34-30(29-20-24-8-4-5-9-28(24)39-29)32-25-15-11-22(12-16-25)23-13-17-26(18-14-23)40(37,38)33-27(31(35)36)19-10-21-6-2-1-3-7-21/h1-9,11-18,20,27,33H,10,19H2,(H,32,34)(H,35,36)/t27-/m1/s1. The van der Waals surface area contributed by atoms with E-state index in [1.165, 1.54) is 12.1 Å². The molecule has 1 amide bonds. The van der Waals surface area contributed by atoms with E-state index < -0.39 is 22.0 Å². The Morgan fingerprint density at radius 3 is 2.08 bits per heavy atom. The molecule has 40 heavy (non-hydrogen) atoms. The highest BCUT2D eigenvalue weighted by Crippen LogP contribution is 2.25. The fourth-order valence-electron chi connectivity index (χ4n) is 4.30. The van der Waals surface area contributed by atoms with Crippen LogP contribution in [0.25, 0.3) is 22.1 Å². The first-order chi connectivity index (χ1) is 19.3. The third kappa shape index (κ3) is 6.28. The van der Waals surface area contributed by atoms with Crippen molar-refractivity contribution < 1.29 is 27.5 Å². The second kappa shape index (κ2) is 11.6. The Morgan fingerprint density at radius 1 is 0.800 bits per heavy atom. The molecule has 0 spiro atoms. The van der Waals surface area contributed by atoms with Crippen molar-refractivity contribution in [3.8, 4) is 11.1 Å². The Kier molecular flexibility index (Phi) is 7.77. The quantitative estimate of drug-likeness (QED) is 0.203. The zero-order chi connectivity index (χ0) is 28.1.